The number of fused-ring (bicyclic) bond motifs is 12. The predicted octanol–water partition coefficient (Wildman–Crippen LogP) is 7.22. The van der Waals surface area contributed by atoms with E-state index in [1.54, 1.807) is 0 Å². The lowest BCUT2D eigenvalue weighted by Crippen LogP contribution is -2.65. The van der Waals surface area contributed by atoms with Crippen LogP contribution in [-0.4, -0.2) is 20.1 Å². The van der Waals surface area contributed by atoms with Crippen LogP contribution in [-0.2, 0) is 0 Å². The van der Waals surface area contributed by atoms with Gasteiger partial charge in [-0.05, 0) is 111 Å². The molecule has 0 bridgehead atoms. The van der Waals surface area contributed by atoms with Gasteiger partial charge in [-0.2, -0.15) is 0 Å². The minimum Gasteiger partial charge on any atom is -0.458 e. The smallest absolute Gasteiger partial charge is 0.260 e. The highest BCUT2D eigenvalue weighted by Crippen LogP contribution is 2.47. The topological polar surface area (TPSA) is 43.4 Å². The molecule has 290 valence electrons. The third-order valence-electron chi connectivity index (χ3n) is 13.9. The quantitative estimate of drug-likeness (QED) is 0.172. The Morgan fingerprint density at radius 3 is 1.08 bits per heavy atom. The molecule has 6 nitrogen and oxygen atoms in total. The predicted molar refractivity (Wildman–Crippen MR) is 256 cm³/mol. The lowest BCUT2D eigenvalue weighted by atomic mass is 9.29. The number of rotatable bonds is 2. The van der Waals surface area contributed by atoms with E-state index in [0.29, 0.717) is 0 Å². The molecule has 6 aliphatic rings. The number of ether oxygens (including phenoxy) is 4. The molecule has 0 aliphatic carbocycles. The monoisotopic (exact) mass is 804 g/mol. The first kappa shape index (κ1) is 33.7. The number of para-hydroxylation sites is 4. The third-order valence-corrected chi connectivity index (χ3v) is 13.9. The van der Waals surface area contributed by atoms with Crippen molar-refractivity contribution >= 4 is 103 Å². The molecule has 6 aliphatic heterocycles. The van der Waals surface area contributed by atoms with Gasteiger partial charge in [-0.3, -0.25) is 0 Å². The molecule has 6 heterocycles. The summed E-state index contributed by atoms with van der Waals surface area (Å²) in [5.41, 5.74) is 17.0. The van der Waals surface area contributed by atoms with E-state index in [1.165, 1.54) is 16.4 Å². The van der Waals surface area contributed by atoms with Crippen LogP contribution in [0.15, 0.2) is 188 Å². The molecule has 0 radical (unpaired) electrons. The van der Waals surface area contributed by atoms with E-state index < -0.39 is 0 Å². The van der Waals surface area contributed by atoms with Gasteiger partial charge in [0.1, 0.15) is 46.0 Å². The largest absolute Gasteiger partial charge is 0.458 e. The normalized spacial score (nSPS) is 14.4. The Morgan fingerprint density at radius 1 is 0.254 bits per heavy atom. The maximum absolute atomic E-state index is 6.97. The Hall–Kier alpha value is -8.03. The average molecular weight is 804 g/mol. The van der Waals surface area contributed by atoms with Crippen LogP contribution in [0.4, 0.5) is 34.1 Å². The van der Waals surface area contributed by atoms with Crippen molar-refractivity contribution in [2.45, 2.75) is 0 Å². The van der Waals surface area contributed by atoms with Gasteiger partial charge in [-0.15, -0.1) is 0 Å². The summed E-state index contributed by atoms with van der Waals surface area (Å²) >= 11 is 0. The molecule has 63 heavy (non-hydrogen) atoms. The first-order valence-corrected chi connectivity index (χ1v) is 21.6. The summed E-state index contributed by atoms with van der Waals surface area (Å²) in [5, 5.41) is 0. The summed E-state index contributed by atoms with van der Waals surface area (Å²) in [7, 11) is 0. The summed E-state index contributed by atoms with van der Waals surface area (Å²) in [6, 6.07) is 67.0. The Balaban J connectivity index is 1.04. The lowest BCUT2D eigenvalue weighted by molar-refractivity contribution is 0.464. The first-order valence-electron chi connectivity index (χ1n) is 21.6. The molecule has 9 heteroatoms. The molecule has 0 saturated carbocycles. The van der Waals surface area contributed by atoms with Crippen molar-refractivity contribution in [3.8, 4) is 46.0 Å². The van der Waals surface area contributed by atoms with Crippen LogP contribution >= 0.6 is 0 Å². The molecule has 0 saturated heterocycles. The second-order valence-electron chi connectivity index (χ2n) is 17.1. The molecule has 0 spiro atoms. The zero-order valence-electron chi connectivity index (χ0n) is 33.7. The zero-order valence-corrected chi connectivity index (χ0v) is 33.7. The van der Waals surface area contributed by atoms with E-state index in [-0.39, 0.29) is 20.1 Å². The third kappa shape index (κ3) is 4.50. The summed E-state index contributed by atoms with van der Waals surface area (Å²) in [5.74, 6) is 6.78. The SMILES string of the molecule is c1ccc(N2c3cc4c(cc3B3c5cc6c(cc5N(c5ccccc5)c5cccc2c53)Oc2cccc3c2B6c2ccccc2O3)B2c3ccccc3Oc3cccc(c32)O4)cc1. The number of hydrogen-bond donors (Lipinski definition) is 0. The Morgan fingerprint density at radius 2 is 0.619 bits per heavy atom. The fraction of sp³-hybridized carbons (Fsp3) is 0. The molecule has 15 rings (SSSR count). The fourth-order valence-electron chi connectivity index (χ4n) is 11.4. The fourth-order valence-corrected chi connectivity index (χ4v) is 11.4. The molecule has 0 unspecified atom stereocenters. The van der Waals surface area contributed by atoms with Crippen LogP contribution in [0.1, 0.15) is 0 Å². The summed E-state index contributed by atoms with van der Waals surface area (Å²) in [6.45, 7) is -0.298. The van der Waals surface area contributed by atoms with Gasteiger partial charge in [0, 0.05) is 57.2 Å². The molecule has 0 amide bonds. The van der Waals surface area contributed by atoms with E-state index >= 15 is 0 Å². The van der Waals surface area contributed by atoms with E-state index in [4.69, 9.17) is 18.9 Å². The Bertz CT molecular complexity index is 3250. The van der Waals surface area contributed by atoms with Crippen LogP contribution in [0.2, 0.25) is 0 Å². The van der Waals surface area contributed by atoms with Crippen molar-refractivity contribution < 1.29 is 18.9 Å². The van der Waals surface area contributed by atoms with Crippen LogP contribution in [0.3, 0.4) is 0 Å². The molecule has 0 atom stereocenters. The number of benzene rings is 9. The summed E-state index contributed by atoms with van der Waals surface area (Å²) < 4.78 is 27.1. The number of nitrogens with zero attached hydrogens (tertiary/aromatic N) is 2. The second kappa shape index (κ2) is 12.3. The molecule has 0 fully saturated rings. The highest BCUT2D eigenvalue weighted by Gasteiger charge is 2.48. The molecule has 0 aromatic heterocycles. The number of anilines is 6. The highest BCUT2D eigenvalue weighted by molar-refractivity contribution is 7.03. The van der Waals surface area contributed by atoms with Gasteiger partial charge in [0.15, 0.2) is 0 Å². The number of hydrogen-bond acceptors (Lipinski definition) is 6. The Kier molecular flexibility index (Phi) is 6.57. The summed E-state index contributed by atoms with van der Waals surface area (Å²) in [6.07, 6.45) is 0. The molecular formula is C54H31B3N2O4. The van der Waals surface area contributed by atoms with E-state index in [1.807, 2.05) is 12.1 Å². The van der Waals surface area contributed by atoms with E-state index in [9.17, 15) is 0 Å². The minimum atomic E-state index is -0.143. The van der Waals surface area contributed by atoms with E-state index in [2.05, 4.69) is 186 Å². The van der Waals surface area contributed by atoms with Crippen molar-refractivity contribution in [2.24, 2.45) is 0 Å². The minimum absolute atomic E-state index is 0.0773. The standard InChI is InChI=1S/C54H31B3N2O4/c1-3-14-32(15-4-1)58-40-20-11-21-41-52(40)57(36-28-38-50(30-42(36)58)62-48-26-12-24-46-53(48)55(38)34-18-7-9-22-44(34)60-46)37-29-39-51(31-43(37)59(41)33-16-5-2-6-17-33)63-49-27-13-25-47-54(49)56(39)35-19-8-10-23-45(35)61-47/h1-31H. The van der Waals surface area contributed by atoms with Gasteiger partial charge in [0.2, 0.25) is 0 Å². The summed E-state index contributed by atoms with van der Waals surface area (Å²) in [4.78, 5) is 4.87. The van der Waals surface area contributed by atoms with Crippen molar-refractivity contribution in [3.05, 3.63) is 188 Å². The van der Waals surface area contributed by atoms with Gasteiger partial charge in [0.05, 0.1) is 0 Å². The van der Waals surface area contributed by atoms with Crippen LogP contribution < -0.4 is 77.9 Å². The average Bonchev–Trinajstić information content (AvgIpc) is 3.33. The molecule has 9 aromatic carbocycles. The van der Waals surface area contributed by atoms with Crippen LogP contribution in [0.5, 0.6) is 46.0 Å². The maximum atomic E-state index is 6.97. The van der Waals surface area contributed by atoms with Crippen LogP contribution in [0.25, 0.3) is 0 Å². The van der Waals surface area contributed by atoms with Gasteiger partial charge >= 0.3 is 0 Å². The molecule has 0 N–H and O–H groups in total. The van der Waals surface area contributed by atoms with Crippen molar-refractivity contribution in [1.82, 2.24) is 0 Å². The lowest BCUT2D eigenvalue weighted by Gasteiger charge is -2.45. The van der Waals surface area contributed by atoms with Crippen molar-refractivity contribution in [2.75, 3.05) is 9.80 Å². The maximum Gasteiger partial charge on any atom is 0.260 e. The van der Waals surface area contributed by atoms with Gasteiger partial charge in [0.25, 0.3) is 20.1 Å². The highest BCUT2D eigenvalue weighted by atomic mass is 16.5. The van der Waals surface area contributed by atoms with Gasteiger partial charge < -0.3 is 28.7 Å². The molecular weight excluding hydrogens is 773 g/mol. The van der Waals surface area contributed by atoms with Gasteiger partial charge in [-0.1, -0.05) is 103 Å². The zero-order chi connectivity index (χ0) is 40.9. The first-order chi connectivity index (χ1) is 31.2. The Labute approximate surface area is 364 Å². The van der Waals surface area contributed by atoms with Crippen molar-refractivity contribution in [1.29, 1.82) is 0 Å². The van der Waals surface area contributed by atoms with E-state index in [0.717, 1.165) is 113 Å². The second-order valence-corrected chi connectivity index (χ2v) is 17.1. The van der Waals surface area contributed by atoms with Crippen LogP contribution in [0, 0.1) is 0 Å². The van der Waals surface area contributed by atoms with Crippen molar-refractivity contribution in [3.63, 3.8) is 0 Å². The van der Waals surface area contributed by atoms with Gasteiger partial charge in [-0.25, -0.2) is 0 Å². The molecule has 9 aromatic rings.